The molecule has 0 aliphatic carbocycles. The lowest BCUT2D eigenvalue weighted by molar-refractivity contribution is 0.102. The minimum absolute atomic E-state index is 0.252. The molecule has 0 saturated heterocycles. The van der Waals surface area contributed by atoms with Crippen LogP contribution in [0, 0.1) is 6.92 Å². The van der Waals surface area contributed by atoms with E-state index < -0.39 is 0 Å². The van der Waals surface area contributed by atoms with Gasteiger partial charge in [-0.05, 0) is 42.2 Å². The second-order valence-corrected chi connectivity index (χ2v) is 6.63. The van der Waals surface area contributed by atoms with Gasteiger partial charge in [0, 0.05) is 30.3 Å². The predicted molar refractivity (Wildman–Crippen MR) is 107 cm³/mol. The summed E-state index contributed by atoms with van der Waals surface area (Å²) in [7, 11) is 0. The van der Waals surface area contributed by atoms with E-state index in [1.807, 2.05) is 43.3 Å². The first kappa shape index (κ1) is 18.5. The van der Waals surface area contributed by atoms with Crippen LogP contribution in [-0.2, 0) is 6.54 Å². The molecule has 0 unspecified atom stereocenters. The van der Waals surface area contributed by atoms with Gasteiger partial charge in [-0.1, -0.05) is 38.1 Å². The van der Waals surface area contributed by atoms with E-state index >= 15 is 0 Å². The van der Waals surface area contributed by atoms with Gasteiger partial charge in [-0.15, -0.1) is 0 Å². The molecule has 6 heteroatoms. The Morgan fingerprint density at radius 3 is 2.67 bits per heavy atom. The number of para-hydroxylation sites is 1. The van der Waals surface area contributed by atoms with Gasteiger partial charge in [0.15, 0.2) is 0 Å². The molecule has 0 atom stereocenters. The van der Waals surface area contributed by atoms with Crippen molar-refractivity contribution in [2.45, 2.75) is 33.2 Å². The van der Waals surface area contributed by atoms with Crippen LogP contribution in [0.3, 0.4) is 0 Å². The maximum atomic E-state index is 12.7. The molecule has 2 aromatic heterocycles. The predicted octanol–water partition coefficient (Wildman–Crippen LogP) is 4.17. The molecule has 3 aromatic rings. The van der Waals surface area contributed by atoms with E-state index in [9.17, 15) is 4.79 Å². The van der Waals surface area contributed by atoms with Gasteiger partial charge in [0.2, 0.25) is 5.95 Å². The molecule has 138 valence electrons. The molecule has 2 N–H and O–H groups in total. The Balaban J connectivity index is 1.76. The summed E-state index contributed by atoms with van der Waals surface area (Å²) < 4.78 is 0. The topological polar surface area (TPSA) is 79.8 Å². The summed E-state index contributed by atoms with van der Waals surface area (Å²) in [5.74, 6) is 0.476. The number of hydrogen-bond donors (Lipinski definition) is 2. The zero-order valence-electron chi connectivity index (χ0n) is 15.7. The summed E-state index contributed by atoms with van der Waals surface area (Å²) in [6.45, 7) is 6.57. The average molecular weight is 361 g/mol. The summed E-state index contributed by atoms with van der Waals surface area (Å²) in [4.78, 5) is 25.5. The highest BCUT2D eigenvalue weighted by atomic mass is 16.1. The van der Waals surface area contributed by atoms with Gasteiger partial charge in [0.25, 0.3) is 5.91 Å². The van der Waals surface area contributed by atoms with E-state index in [0.717, 1.165) is 22.5 Å². The van der Waals surface area contributed by atoms with E-state index in [-0.39, 0.29) is 5.91 Å². The van der Waals surface area contributed by atoms with Crippen molar-refractivity contribution >= 4 is 17.5 Å². The highest BCUT2D eigenvalue weighted by Crippen LogP contribution is 2.24. The highest BCUT2D eigenvalue weighted by molar-refractivity contribution is 6.03. The summed E-state index contributed by atoms with van der Waals surface area (Å²) in [6, 6.07) is 13.3. The van der Waals surface area contributed by atoms with Crippen LogP contribution in [0.2, 0.25) is 0 Å². The second kappa shape index (κ2) is 8.40. The number of nitrogens with zero attached hydrogens (tertiary/aromatic N) is 3. The fourth-order valence-electron chi connectivity index (χ4n) is 2.75. The Labute approximate surface area is 159 Å². The fourth-order valence-corrected chi connectivity index (χ4v) is 2.75. The molecule has 0 spiro atoms. The van der Waals surface area contributed by atoms with Crippen LogP contribution in [0.1, 0.15) is 47.1 Å². The lowest BCUT2D eigenvalue weighted by Gasteiger charge is -2.14. The molecule has 27 heavy (non-hydrogen) atoms. The van der Waals surface area contributed by atoms with Crippen LogP contribution in [0.25, 0.3) is 0 Å². The lowest BCUT2D eigenvalue weighted by atomic mass is 10.0. The van der Waals surface area contributed by atoms with Gasteiger partial charge >= 0.3 is 0 Å². The molecule has 0 radical (unpaired) electrons. The first-order chi connectivity index (χ1) is 13.0. The molecule has 0 bridgehead atoms. The third-order valence-corrected chi connectivity index (χ3v) is 4.09. The Bertz CT molecular complexity index is 925. The quantitative estimate of drug-likeness (QED) is 0.689. The normalized spacial score (nSPS) is 10.7. The van der Waals surface area contributed by atoms with Gasteiger partial charge < -0.3 is 10.6 Å². The molecular weight excluding hydrogens is 338 g/mol. The van der Waals surface area contributed by atoms with Crippen molar-refractivity contribution in [1.82, 2.24) is 15.0 Å². The zero-order chi connectivity index (χ0) is 19.2. The number of carbonyl (C=O) groups is 1. The summed E-state index contributed by atoms with van der Waals surface area (Å²) >= 11 is 0. The minimum atomic E-state index is -0.252. The maximum absolute atomic E-state index is 12.7. The van der Waals surface area contributed by atoms with Crippen molar-refractivity contribution in [3.63, 3.8) is 0 Å². The number of benzene rings is 1. The number of aryl methyl sites for hydroxylation is 1. The van der Waals surface area contributed by atoms with Crippen molar-refractivity contribution < 1.29 is 4.79 Å². The van der Waals surface area contributed by atoms with Crippen LogP contribution >= 0.6 is 0 Å². The van der Waals surface area contributed by atoms with Crippen molar-refractivity contribution in [3.8, 4) is 0 Å². The van der Waals surface area contributed by atoms with Crippen molar-refractivity contribution in [1.29, 1.82) is 0 Å². The second-order valence-electron chi connectivity index (χ2n) is 6.63. The number of nitrogens with one attached hydrogen (secondary N) is 2. The number of pyridine rings is 1. The van der Waals surface area contributed by atoms with Crippen LogP contribution in [0.5, 0.6) is 0 Å². The Hall–Kier alpha value is -3.28. The molecule has 0 aliphatic rings. The third-order valence-electron chi connectivity index (χ3n) is 4.09. The first-order valence-corrected chi connectivity index (χ1v) is 8.91. The van der Waals surface area contributed by atoms with Crippen LogP contribution in [0.15, 0.2) is 54.9 Å². The molecule has 1 aromatic carbocycles. The monoisotopic (exact) mass is 361 g/mol. The fraction of sp³-hybridized carbons (Fsp3) is 0.238. The Morgan fingerprint density at radius 2 is 1.93 bits per heavy atom. The molecule has 0 aliphatic heterocycles. The SMILES string of the molecule is Cc1cc(C(=O)Nc2ccccc2C(C)C)nc(NCc2cccnc2)n1. The van der Waals surface area contributed by atoms with Crippen LogP contribution in [-0.4, -0.2) is 20.9 Å². The average Bonchev–Trinajstić information content (AvgIpc) is 2.67. The van der Waals surface area contributed by atoms with E-state index in [2.05, 4.69) is 39.4 Å². The van der Waals surface area contributed by atoms with Crippen molar-refractivity contribution in [2.24, 2.45) is 0 Å². The number of amides is 1. The molecule has 6 nitrogen and oxygen atoms in total. The highest BCUT2D eigenvalue weighted by Gasteiger charge is 2.14. The smallest absolute Gasteiger partial charge is 0.274 e. The van der Waals surface area contributed by atoms with E-state index in [4.69, 9.17) is 0 Å². The van der Waals surface area contributed by atoms with Gasteiger partial charge in [-0.3, -0.25) is 9.78 Å². The van der Waals surface area contributed by atoms with E-state index in [0.29, 0.717) is 24.1 Å². The third kappa shape index (κ3) is 4.88. The number of carbonyl (C=O) groups excluding carboxylic acids is 1. The number of aromatic nitrogens is 3. The van der Waals surface area contributed by atoms with Crippen molar-refractivity contribution in [3.05, 3.63) is 77.4 Å². The Kier molecular flexibility index (Phi) is 5.76. The van der Waals surface area contributed by atoms with Gasteiger partial charge in [0.1, 0.15) is 5.69 Å². The van der Waals surface area contributed by atoms with Crippen molar-refractivity contribution in [2.75, 3.05) is 10.6 Å². The van der Waals surface area contributed by atoms with Crippen LogP contribution < -0.4 is 10.6 Å². The maximum Gasteiger partial charge on any atom is 0.274 e. The number of hydrogen-bond acceptors (Lipinski definition) is 5. The van der Waals surface area contributed by atoms with Gasteiger partial charge in [-0.25, -0.2) is 9.97 Å². The molecule has 1 amide bonds. The summed E-state index contributed by atoms with van der Waals surface area (Å²) in [5.41, 5.74) is 3.96. The number of rotatable bonds is 6. The largest absolute Gasteiger partial charge is 0.350 e. The first-order valence-electron chi connectivity index (χ1n) is 8.91. The zero-order valence-corrected chi connectivity index (χ0v) is 15.7. The molecule has 3 rings (SSSR count). The van der Waals surface area contributed by atoms with Crippen LogP contribution in [0.4, 0.5) is 11.6 Å². The van der Waals surface area contributed by atoms with E-state index in [1.165, 1.54) is 0 Å². The summed E-state index contributed by atoms with van der Waals surface area (Å²) in [6.07, 6.45) is 3.50. The van der Waals surface area contributed by atoms with Gasteiger partial charge in [0.05, 0.1) is 0 Å². The standard InChI is InChI=1S/C21H23N5O/c1-14(2)17-8-4-5-9-18(17)25-20(27)19-11-15(3)24-21(26-19)23-13-16-7-6-10-22-12-16/h4-12,14H,13H2,1-3H3,(H,25,27)(H,23,24,26). The Morgan fingerprint density at radius 1 is 1.11 bits per heavy atom. The molecule has 0 fully saturated rings. The van der Waals surface area contributed by atoms with E-state index in [1.54, 1.807) is 18.5 Å². The van der Waals surface area contributed by atoms with Gasteiger partial charge in [-0.2, -0.15) is 0 Å². The molecule has 2 heterocycles. The minimum Gasteiger partial charge on any atom is -0.350 e. The molecule has 0 saturated carbocycles. The lowest BCUT2D eigenvalue weighted by Crippen LogP contribution is -2.17. The number of anilines is 2. The molecular formula is C21H23N5O. The summed E-state index contributed by atoms with van der Waals surface area (Å²) in [5, 5.41) is 6.12.